The number of fused-ring (bicyclic) bond motifs is 1. The number of benzene rings is 1. The molecule has 0 unspecified atom stereocenters. The average molecular weight is 590 g/mol. The van der Waals surface area contributed by atoms with E-state index in [0.29, 0.717) is 49.1 Å². The molecule has 12 nitrogen and oxygen atoms in total. The summed E-state index contributed by atoms with van der Waals surface area (Å²) in [5.74, 6) is 7.59. The monoisotopic (exact) mass is 589 g/mol. The fraction of sp³-hybridized carbons (Fsp3) is 0.452. The number of aromatic nitrogens is 4. The third kappa shape index (κ3) is 9.44. The molecule has 0 spiro atoms. The highest BCUT2D eigenvalue weighted by Gasteiger charge is 2.20. The summed E-state index contributed by atoms with van der Waals surface area (Å²) < 4.78 is 7.11. The fourth-order valence-electron chi connectivity index (χ4n) is 4.04. The zero-order valence-electron chi connectivity index (χ0n) is 26.2. The Balaban J connectivity index is 1.55. The second-order valence-electron chi connectivity index (χ2n) is 10.4. The summed E-state index contributed by atoms with van der Waals surface area (Å²) in [6, 6.07) is 5.28. The van der Waals surface area contributed by atoms with Gasteiger partial charge in [-0.1, -0.05) is 24.8 Å². The van der Waals surface area contributed by atoms with E-state index in [9.17, 15) is 9.59 Å². The predicted molar refractivity (Wildman–Crippen MR) is 170 cm³/mol. The predicted octanol–water partition coefficient (Wildman–Crippen LogP) is 3.15. The molecule has 0 aliphatic carbocycles. The van der Waals surface area contributed by atoms with Gasteiger partial charge in [-0.05, 0) is 52.1 Å². The van der Waals surface area contributed by atoms with Gasteiger partial charge in [-0.15, -0.1) is 5.10 Å². The maximum atomic E-state index is 12.5. The average Bonchev–Trinajstić information content (AvgIpc) is 3.31. The Morgan fingerprint density at radius 2 is 2.00 bits per heavy atom. The highest BCUT2D eigenvalue weighted by atomic mass is 16.5. The third-order valence-electron chi connectivity index (χ3n) is 6.64. The fourth-order valence-corrected chi connectivity index (χ4v) is 4.04. The van der Waals surface area contributed by atoms with Crippen LogP contribution in [0.2, 0.25) is 0 Å². The lowest BCUT2D eigenvalue weighted by Gasteiger charge is -2.23. The quantitative estimate of drug-likeness (QED) is 0.148. The Bertz CT molecular complexity index is 1490. The molecule has 2 amide bonds. The smallest absolute Gasteiger partial charge is 0.246 e. The molecule has 0 bridgehead atoms. The molecule has 0 radical (unpaired) electrons. The topological polar surface area (TPSA) is 130 Å². The van der Waals surface area contributed by atoms with E-state index in [1.165, 1.54) is 11.0 Å². The van der Waals surface area contributed by atoms with Crippen LogP contribution in [-0.2, 0) is 16.6 Å². The molecular weight excluding hydrogens is 546 g/mol. The number of hydrogen-bond acceptors (Lipinski definition) is 9. The largest absolute Gasteiger partial charge is 0.479 e. The van der Waals surface area contributed by atoms with Gasteiger partial charge in [0, 0.05) is 51.9 Å². The molecule has 2 heterocycles. The number of anilines is 3. The summed E-state index contributed by atoms with van der Waals surface area (Å²) in [6.07, 6.45) is 7.16. The number of amides is 2. The van der Waals surface area contributed by atoms with Crippen molar-refractivity contribution in [1.82, 2.24) is 34.9 Å². The number of methoxy groups -OCH3 is 1. The molecule has 3 N–H and O–H groups in total. The van der Waals surface area contributed by atoms with Crippen molar-refractivity contribution in [3.05, 3.63) is 42.1 Å². The third-order valence-corrected chi connectivity index (χ3v) is 6.64. The van der Waals surface area contributed by atoms with Gasteiger partial charge in [0.2, 0.25) is 23.6 Å². The molecular formula is C31H43N9O3. The Kier molecular flexibility index (Phi) is 12.3. The maximum Gasteiger partial charge on any atom is 0.246 e. The van der Waals surface area contributed by atoms with Crippen LogP contribution < -0.4 is 20.7 Å². The van der Waals surface area contributed by atoms with Crippen LogP contribution in [0.15, 0.2) is 36.5 Å². The van der Waals surface area contributed by atoms with E-state index < -0.39 is 6.04 Å². The van der Waals surface area contributed by atoms with Crippen LogP contribution in [0.4, 0.5) is 17.5 Å². The van der Waals surface area contributed by atoms with Gasteiger partial charge in [0.05, 0.1) is 29.8 Å². The van der Waals surface area contributed by atoms with Gasteiger partial charge in [-0.25, -0.2) is 4.98 Å². The molecule has 230 valence electrons. The van der Waals surface area contributed by atoms with Gasteiger partial charge in [-0.2, -0.15) is 4.98 Å². The summed E-state index contributed by atoms with van der Waals surface area (Å²) in [6.45, 7) is 5.66. The molecule has 12 heteroatoms. The number of rotatable bonds is 14. The van der Waals surface area contributed by atoms with E-state index in [0.717, 1.165) is 29.6 Å². The minimum Gasteiger partial charge on any atom is -0.479 e. The van der Waals surface area contributed by atoms with Crippen molar-refractivity contribution in [1.29, 1.82) is 0 Å². The van der Waals surface area contributed by atoms with Crippen LogP contribution in [0.1, 0.15) is 38.7 Å². The first-order valence-corrected chi connectivity index (χ1v) is 14.4. The SMILES string of the molecule is CCCNc1nc(Nc2ccc3c(OC)nn(C)c3c2)ncc1C#CCCCNC(=O)[C@H](C)N(C)C(=O)C=CCN(C)C. The zero-order valence-corrected chi connectivity index (χ0v) is 26.2. The number of nitrogens with one attached hydrogen (secondary N) is 3. The summed E-state index contributed by atoms with van der Waals surface area (Å²) >= 11 is 0. The van der Waals surface area contributed by atoms with Crippen molar-refractivity contribution in [2.45, 2.75) is 39.2 Å². The Hall–Kier alpha value is -4.63. The molecule has 1 atom stereocenters. The van der Waals surface area contributed by atoms with E-state index in [1.807, 2.05) is 44.2 Å². The van der Waals surface area contributed by atoms with Gasteiger partial charge < -0.3 is 30.5 Å². The van der Waals surface area contributed by atoms with E-state index in [1.54, 1.807) is 38.0 Å². The molecule has 3 rings (SSSR count). The van der Waals surface area contributed by atoms with Crippen molar-refractivity contribution in [2.75, 3.05) is 58.5 Å². The van der Waals surface area contributed by atoms with Crippen LogP contribution in [0.3, 0.4) is 0 Å². The van der Waals surface area contributed by atoms with Crippen LogP contribution in [0.25, 0.3) is 10.9 Å². The van der Waals surface area contributed by atoms with Crippen molar-refractivity contribution in [2.24, 2.45) is 7.05 Å². The number of carbonyl (C=O) groups is 2. The van der Waals surface area contributed by atoms with Gasteiger partial charge >= 0.3 is 0 Å². The van der Waals surface area contributed by atoms with Crippen LogP contribution in [0.5, 0.6) is 5.88 Å². The molecule has 3 aromatic rings. The lowest BCUT2D eigenvalue weighted by molar-refractivity contribution is -0.135. The number of hydrogen-bond donors (Lipinski definition) is 3. The normalized spacial score (nSPS) is 11.7. The first-order valence-electron chi connectivity index (χ1n) is 14.4. The first kappa shape index (κ1) is 32.9. The number of carbonyl (C=O) groups excluding carboxylic acids is 2. The van der Waals surface area contributed by atoms with E-state index >= 15 is 0 Å². The van der Waals surface area contributed by atoms with E-state index in [4.69, 9.17) is 4.74 Å². The second kappa shape index (κ2) is 16.1. The maximum absolute atomic E-state index is 12.5. The molecule has 1 aromatic carbocycles. The lowest BCUT2D eigenvalue weighted by Crippen LogP contribution is -2.45. The summed E-state index contributed by atoms with van der Waals surface area (Å²) in [7, 11) is 8.95. The number of aryl methyl sites for hydroxylation is 1. The summed E-state index contributed by atoms with van der Waals surface area (Å²) in [4.78, 5) is 37.3. The van der Waals surface area contributed by atoms with Gasteiger partial charge in [-0.3, -0.25) is 14.3 Å². The van der Waals surface area contributed by atoms with Crippen LogP contribution in [0, 0.1) is 11.8 Å². The zero-order chi connectivity index (χ0) is 31.4. The molecule has 43 heavy (non-hydrogen) atoms. The summed E-state index contributed by atoms with van der Waals surface area (Å²) in [5.41, 5.74) is 2.45. The second-order valence-corrected chi connectivity index (χ2v) is 10.4. The van der Waals surface area contributed by atoms with Crippen LogP contribution in [-0.4, -0.2) is 95.3 Å². The van der Waals surface area contributed by atoms with E-state index in [2.05, 4.69) is 49.8 Å². The first-order chi connectivity index (χ1) is 20.6. The summed E-state index contributed by atoms with van der Waals surface area (Å²) in [5, 5.41) is 14.8. The number of ether oxygens (including phenoxy) is 1. The van der Waals surface area contributed by atoms with Gasteiger partial charge in [0.25, 0.3) is 0 Å². The number of nitrogens with zero attached hydrogens (tertiary/aromatic N) is 6. The molecule has 0 aliphatic heterocycles. The van der Waals surface area contributed by atoms with Crippen LogP contribution >= 0.6 is 0 Å². The molecule has 2 aromatic heterocycles. The minimum atomic E-state index is -0.576. The Morgan fingerprint density at radius 1 is 1.21 bits per heavy atom. The Morgan fingerprint density at radius 3 is 2.72 bits per heavy atom. The van der Waals surface area contributed by atoms with Gasteiger partial charge in [0.1, 0.15) is 11.9 Å². The lowest BCUT2D eigenvalue weighted by atomic mass is 10.2. The van der Waals surface area contributed by atoms with Gasteiger partial charge in [0.15, 0.2) is 0 Å². The molecule has 0 saturated heterocycles. The number of unbranched alkanes of at least 4 members (excludes halogenated alkanes) is 1. The molecule has 0 aliphatic rings. The highest BCUT2D eigenvalue weighted by Crippen LogP contribution is 2.28. The standard InChI is InChI=1S/C31H43N9O3/c1-8-17-32-28-23(13-10-9-11-18-33-29(42)22(2)39(5)27(41)14-12-19-38(3)4)21-34-31(36-28)35-24-15-16-25-26(20-24)40(6)37-30(25)43-7/h12,14-16,20-22H,8-9,11,17-19H2,1-7H3,(H,33,42)(H2,32,34,35,36)/t22-/m0/s1. The van der Waals surface area contributed by atoms with Crippen molar-refractivity contribution in [3.63, 3.8) is 0 Å². The Labute approximate surface area is 253 Å². The highest BCUT2D eigenvalue weighted by molar-refractivity contribution is 5.92. The molecule has 0 fully saturated rings. The van der Waals surface area contributed by atoms with Crippen molar-refractivity contribution < 1.29 is 14.3 Å². The van der Waals surface area contributed by atoms with Crippen molar-refractivity contribution in [3.8, 4) is 17.7 Å². The van der Waals surface area contributed by atoms with E-state index in [-0.39, 0.29) is 11.8 Å². The number of likely N-dealkylation sites (N-methyl/N-ethyl adjacent to an activating group) is 2. The molecule has 0 saturated carbocycles. The van der Waals surface area contributed by atoms with Crippen molar-refractivity contribution >= 4 is 40.2 Å². The minimum absolute atomic E-state index is 0.200.